The minimum Gasteiger partial charge on any atom is -0.323 e. The highest BCUT2D eigenvalue weighted by Gasteiger charge is 2.48. The number of carbonyl (C=O) groups is 1. The number of anilines is 1. The number of carbonyl (C=O) groups excluding carboxylic acids is 1. The summed E-state index contributed by atoms with van der Waals surface area (Å²) in [5, 5.41) is 4.20. The van der Waals surface area contributed by atoms with Crippen molar-refractivity contribution in [3.8, 4) is 0 Å². The molecule has 134 valence electrons. The summed E-state index contributed by atoms with van der Waals surface area (Å²) in [6.07, 6.45) is -0.536. The van der Waals surface area contributed by atoms with Crippen LogP contribution in [0.2, 0.25) is 0 Å². The molecule has 0 aromatic heterocycles. The zero-order valence-corrected chi connectivity index (χ0v) is 16.4. The van der Waals surface area contributed by atoms with Crippen LogP contribution in [-0.2, 0) is 23.2 Å². The van der Waals surface area contributed by atoms with Crippen molar-refractivity contribution < 1.29 is 23.2 Å². The molecule has 0 aliphatic carbocycles. The molecule has 0 bridgehead atoms. The summed E-state index contributed by atoms with van der Waals surface area (Å²) in [4.78, 5) is 18.0. The molecular formula is C15H22BrN2O5P. The molecule has 0 unspecified atom stereocenters. The Labute approximate surface area is 150 Å². The van der Waals surface area contributed by atoms with Gasteiger partial charge in [0.05, 0.1) is 18.9 Å². The average Bonchev–Trinajstić information content (AvgIpc) is 2.93. The second-order valence-electron chi connectivity index (χ2n) is 5.20. The van der Waals surface area contributed by atoms with E-state index in [0.29, 0.717) is 5.69 Å². The molecule has 1 N–H and O–H groups in total. The van der Waals surface area contributed by atoms with Gasteiger partial charge in [-0.25, -0.2) is 0 Å². The molecule has 0 radical (unpaired) electrons. The standard InChI is InChI=1S/C15H22BrN2O5P/c1-4-21-24(20,22-5-2)14-10-13(23-18(14)3)15(19)17-12-9-7-6-8-11(12)16/h6-9,13-14H,4-5,10H2,1-3H3,(H,17,19)/t13-,14+/m1/s1. The van der Waals surface area contributed by atoms with Gasteiger partial charge in [-0.15, -0.1) is 0 Å². The predicted molar refractivity (Wildman–Crippen MR) is 94.7 cm³/mol. The van der Waals surface area contributed by atoms with Gasteiger partial charge in [-0.1, -0.05) is 12.1 Å². The number of amides is 1. The number of rotatable bonds is 7. The van der Waals surface area contributed by atoms with Crippen LogP contribution in [0.15, 0.2) is 28.7 Å². The van der Waals surface area contributed by atoms with Crippen LogP contribution in [0.3, 0.4) is 0 Å². The Kier molecular flexibility index (Phi) is 6.98. The van der Waals surface area contributed by atoms with Gasteiger partial charge in [0.15, 0.2) is 6.10 Å². The lowest BCUT2D eigenvalue weighted by molar-refractivity contribution is -0.155. The highest BCUT2D eigenvalue weighted by Crippen LogP contribution is 2.57. The summed E-state index contributed by atoms with van der Waals surface area (Å²) in [5.41, 5.74) is 0.648. The minimum atomic E-state index is -3.38. The first-order valence-corrected chi connectivity index (χ1v) is 10.2. The van der Waals surface area contributed by atoms with Crippen LogP contribution in [0.25, 0.3) is 0 Å². The molecule has 1 aliphatic heterocycles. The molecule has 1 amide bonds. The largest absolute Gasteiger partial charge is 0.350 e. The summed E-state index contributed by atoms with van der Waals surface area (Å²) in [7, 11) is -1.75. The second-order valence-corrected chi connectivity index (χ2v) is 8.25. The first kappa shape index (κ1) is 19.6. The van der Waals surface area contributed by atoms with E-state index in [1.54, 1.807) is 27.0 Å². The maximum Gasteiger partial charge on any atom is 0.350 e. The van der Waals surface area contributed by atoms with Crippen molar-refractivity contribution in [2.45, 2.75) is 32.2 Å². The second kappa shape index (κ2) is 8.56. The van der Waals surface area contributed by atoms with Crippen molar-refractivity contribution in [3.63, 3.8) is 0 Å². The highest BCUT2D eigenvalue weighted by molar-refractivity contribution is 9.10. The Morgan fingerprint density at radius 2 is 2.00 bits per heavy atom. The van der Waals surface area contributed by atoms with Gasteiger partial charge >= 0.3 is 7.60 Å². The maximum absolute atomic E-state index is 12.9. The lowest BCUT2D eigenvalue weighted by Gasteiger charge is -2.25. The van der Waals surface area contributed by atoms with Gasteiger partial charge < -0.3 is 14.4 Å². The fraction of sp³-hybridized carbons (Fsp3) is 0.533. The normalized spacial score (nSPS) is 21.8. The molecule has 1 fully saturated rings. The molecule has 7 nitrogen and oxygen atoms in total. The number of hydrogen-bond donors (Lipinski definition) is 1. The van der Waals surface area contributed by atoms with E-state index in [2.05, 4.69) is 21.2 Å². The molecule has 9 heteroatoms. The quantitative estimate of drug-likeness (QED) is 0.678. The molecule has 0 spiro atoms. The van der Waals surface area contributed by atoms with Crippen LogP contribution in [-0.4, -0.2) is 43.1 Å². The van der Waals surface area contributed by atoms with E-state index in [4.69, 9.17) is 13.9 Å². The van der Waals surface area contributed by atoms with Crippen molar-refractivity contribution >= 4 is 35.1 Å². The van der Waals surface area contributed by atoms with Crippen LogP contribution in [0.5, 0.6) is 0 Å². The highest BCUT2D eigenvalue weighted by atomic mass is 79.9. The number of hydrogen-bond acceptors (Lipinski definition) is 6. The van der Waals surface area contributed by atoms with Crippen LogP contribution < -0.4 is 5.32 Å². The zero-order valence-electron chi connectivity index (χ0n) is 13.9. The Balaban J connectivity index is 2.08. The Morgan fingerprint density at radius 3 is 2.58 bits per heavy atom. The number of benzene rings is 1. The van der Waals surface area contributed by atoms with Crippen molar-refractivity contribution in [1.29, 1.82) is 0 Å². The van der Waals surface area contributed by atoms with Gasteiger partial charge in [0.25, 0.3) is 5.91 Å². The van der Waals surface area contributed by atoms with Gasteiger partial charge in [0, 0.05) is 17.9 Å². The van der Waals surface area contributed by atoms with E-state index in [1.807, 2.05) is 18.2 Å². The van der Waals surface area contributed by atoms with Gasteiger partial charge in [-0.3, -0.25) is 14.2 Å². The van der Waals surface area contributed by atoms with Gasteiger partial charge in [-0.05, 0) is 41.9 Å². The number of nitrogens with one attached hydrogen (secondary N) is 1. The van der Waals surface area contributed by atoms with Crippen molar-refractivity contribution in [2.24, 2.45) is 0 Å². The van der Waals surface area contributed by atoms with Crippen LogP contribution in [0.1, 0.15) is 20.3 Å². The number of para-hydroxylation sites is 1. The molecule has 0 saturated carbocycles. The molecule has 1 aromatic rings. The zero-order chi connectivity index (χ0) is 17.7. The molecule has 1 heterocycles. The topological polar surface area (TPSA) is 77.1 Å². The van der Waals surface area contributed by atoms with Crippen LogP contribution >= 0.6 is 23.5 Å². The van der Waals surface area contributed by atoms with E-state index in [1.165, 1.54) is 5.06 Å². The summed E-state index contributed by atoms with van der Waals surface area (Å²) < 4.78 is 24.4. The summed E-state index contributed by atoms with van der Waals surface area (Å²) in [5.74, 6) is -0.928. The first-order valence-electron chi connectivity index (χ1n) is 7.75. The van der Waals surface area contributed by atoms with E-state index in [9.17, 15) is 9.36 Å². The molecule has 2 rings (SSSR count). The Morgan fingerprint density at radius 1 is 1.38 bits per heavy atom. The van der Waals surface area contributed by atoms with Crippen molar-refractivity contribution in [1.82, 2.24) is 5.06 Å². The molecular weight excluding hydrogens is 399 g/mol. The predicted octanol–water partition coefficient (Wildman–Crippen LogP) is 3.62. The molecule has 1 aliphatic rings. The SMILES string of the molecule is CCOP(=O)(OCC)[C@H]1C[C@H](C(=O)Nc2ccccc2Br)ON1C. The third-order valence-corrected chi connectivity index (χ3v) is 6.74. The van der Waals surface area contributed by atoms with Crippen molar-refractivity contribution in [3.05, 3.63) is 28.7 Å². The fourth-order valence-electron chi connectivity index (χ4n) is 2.48. The minimum absolute atomic E-state index is 0.226. The third-order valence-electron chi connectivity index (χ3n) is 3.55. The van der Waals surface area contributed by atoms with Gasteiger partial charge in [0.1, 0.15) is 5.78 Å². The Bertz CT molecular complexity index is 620. The van der Waals surface area contributed by atoms with Crippen LogP contribution in [0, 0.1) is 0 Å². The fourth-order valence-corrected chi connectivity index (χ4v) is 4.91. The van der Waals surface area contributed by atoms with E-state index >= 15 is 0 Å². The third kappa shape index (κ3) is 4.45. The lowest BCUT2D eigenvalue weighted by Crippen LogP contribution is -2.28. The summed E-state index contributed by atoms with van der Waals surface area (Å²) >= 11 is 3.38. The molecule has 1 saturated heterocycles. The number of nitrogens with zero attached hydrogens (tertiary/aromatic N) is 1. The van der Waals surface area contributed by atoms with E-state index < -0.39 is 19.5 Å². The summed E-state index contributed by atoms with van der Waals surface area (Å²) in [6.45, 7) is 4.02. The number of halogens is 1. The van der Waals surface area contributed by atoms with Gasteiger partial charge in [-0.2, -0.15) is 5.06 Å². The molecule has 24 heavy (non-hydrogen) atoms. The summed E-state index contributed by atoms with van der Waals surface area (Å²) in [6, 6.07) is 7.29. The van der Waals surface area contributed by atoms with E-state index in [0.717, 1.165) is 4.47 Å². The lowest BCUT2D eigenvalue weighted by atomic mass is 10.2. The van der Waals surface area contributed by atoms with Gasteiger partial charge in [0.2, 0.25) is 0 Å². The first-order chi connectivity index (χ1) is 11.4. The van der Waals surface area contributed by atoms with E-state index in [-0.39, 0.29) is 25.5 Å². The van der Waals surface area contributed by atoms with Crippen molar-refractivity contribution in [2.75, 3.05) is 25.6 Å². The monoisotopic (exact) mass is 420 g/mol. The maximum atomic E-state index is 12.9. The smallest absolute Gasteiger partial charge is 0.323 e. The number of hydroxylamine groups is 2. The molecule has 1 aromatic carbocycles. The average molecular weight is 421 g/mol. The van der Waals surface area contributed by atoms with Crippen LogP contribution in [0.4, 0.5) is 5.69 Å². The molecule has 2 atom stereocenters. The Hall–Kier alpha value is -0.760.